The number of hydrogen-bond donors (Lipinski definition) is 2. The molecule has 3 fully saturated rings. The van der Waals surface area contributed by atoms with E-state index < -0.39 is 0 Å². The minimum absolute atomic E-state index is 0.175. The summed E-state index contributed by atoms with van der Waals surface area (Å²) in [6.45, 7) is 11.9. The summed E-state index contributed by atoms with van der Waals surface area (Å²) in [7, 11) is 0. The monoisotopic (exact) mass is 964 g/mol. The van der Waals surface area contributed by atoms with Crippen molar-refractivity contribution in [2.45, 2.75) is 52.6 Å². The summed E-state index contributed by atoms with van der Waals surface area (Å²) < 4.78 is 22.3. The fourth-order valence-electron chi connectivity index (χ4n) is 9.97. The second-order valence-electron chi connectivity index (χ2n) is 18.5. The number of anilines is 2. The molecule has 3 amide bonds. The number of rotatable bonds is 12. The third kappa shape index (κ3) is 10.6. The number of fused-ring (bicyclic) bond motifs is 2. The van der Waals surface area contributed by atoms with Crippen molar-refractivity contribution in [2.24, 2.45) is 0 Å². The van der Waals surface area contributed by atoms with Crippen LogP contribution in [0.5, 0.6) is 11.8 Å². The average Bonchev–Trinajstić information content (AvgIpc) is 3.95. The number of ether oxygens (including phenoxy) is 3. The smallest absolute Gasteiger partial charge is 0.410 e. The molecular weight excluding hydrogens is 905 g/mol. The highest BCUT2D eigenvalue weighted by molar-refractivity contribution is 6.02. The second kappa shape index (κ2) is 21.9. The molecule has 0 spiro atoms. The molecule has 8 aromatic rings. The van der Waals surface area contributed by atoms with Crippen molar-refractivity contribution >= 4 is 51.1 Å². The number of carbonyl (C=O) groups excluding carboxylic acids is 3. The maximum Gasteiger partial charge on any atom is 0.410 e. The third-order valence-corrected chi connectivity index (χ3v) is 13.6. The number of pyridine rings is 1. The van der Waals surface area contributed by atoms with Crippen molar-refractivity contribution in [1.82, 2.24) is 29.7 Å². The lowest BCUT2D eigenvalue weighted by Crippen LogP contribution is -2.49. The van der Waals surface area contributed by atoms with Gasteiger partial charge in [0.1, 0.15) is 31.5 Å². The van der Waals surface area contributed by atoms with Gasteiger partial charge in [-0.2, -0.15) is 4.98 Å². The first-order chi connectivity index (χ1) is 35.3. The van der Waals surface area contributed by atoms with Crippen molar-refractivity contribution in [3.05, 3.63) is 180 Å². The van der Waals surface area contributed by atoms with Gasteiger partial charge in [0.2, 0.25) is 23.6 Å². The van der Waals surface area contributed by atoms with Gasteiger partial charge in [0, 0.05) is 99.4 Å². The van der Waals surface area contributed by atoms with E-state index >= 15 is 0 Å². The second-order valence-corrected chi connectivity index (χ2v) is 18.5. The summed E-state index contributed by atoms with van der Waals surface area (Å²) in [5.74, 6) is 0.621. The lowest BCUT2D eigenvalue weighted by atomic mass is 10.1. The Morgan fingerprint density at radius 2 is 1.17 bits per heavy atom. The SMILES string of the molecule is Cc1cn(-c2ccc(OCc3ccccc3)nc2OCc2ccccc2)c2cccc(N3CCN(C(=O)OCc4ccccc4)CC3)c12.Cc1cn(C2CCC(=O)NC2=O)c2cccc(N3CCNCC3)c12. The number of hydrogen-bond acceptors (Lipinski definition) is 10. The van der Waals surface area contributed by atoms with Gasteiger partial charge in [-0.25, -0.2) is 4.79 Å². The predicted octanol–water partition coefficient (Wildman–Crippen LogP) is 9.29. The van der Waals surface area contributed by atoms with Crippen LogP contribution in [0.25, 0.3) is 27.5 Å². The van der Waals surface area contributed by atoms with Crippen LogP contribution in [0.4, 0.5) is 16.2 Å². The Morgan fingerprint density at radius 3 is 1.81 bits per heavy atom. The summed E-state index contributed by atoms with van der Waals surface area (Å²) in [5, 5.41) is 8.22. The molecule has 3 aliphatic heterocycles. The molecule has 1 atom stereocenters. The van der Waals surface area contributed by atoms with E-state index in [-0.39, 0.29) is 30.6 Å². The Labute approximate surface area is 419 Å². The summed E-state index contributed by atoms with van der Waals surface area (Å²) in [6, 6.07) is 46.2. The highest BCUT2D eigenvalue weighted by Gasteiger charge is 2.30. The minimum Gasteiger partial charge on any atom is -0.473 e. The molecule has 0 aliphatic carbocycles. The van der Waals surface area contributed by atoms with E-state index in [4.69, 9.17) is 19.2 Å². The molecule has 3 saturated heterocycles. The zero-order valence-electron chi connectivity index (χ0n) is 40.8. The van der Waals surface area contributed by atoms with Crippen LogP contribution in [0.3, 0.4) is 0 Å². The van der Waals surface area contributed by atoms with E-state index in [1.54, 1.807) is 4.90 Å². The number of imide groups is 1. The highest BCUT2D eigenvalue weighted by atomic mass is 16.6. The van der Waals surface area contributed by atoms with E-state index in [2.05, 4.69) is 87.6 Å². The molecule has 2 N–H and O–H groups in total. The molecular formula is C58H60N8O6. The number of nitrogens with zero attached hydrogens (tertiary/aromatic N) is 6. The number of amides is 3. The van der Waals surface area contributed by atoms with Crippen molar-refractivity contribution in [3.63, 3.8) is 0 Å². The number of aryl methyl sites for hydroxylation is 2. The van der Waals surface area contributed by atoms with Gasteiger partial charge in [-0.15, -0.1) is 0 Å². The van der Waals surface area contributed by atoms with E-state index in [1.165, 1.54) is 16.6 Å². The largest absolute Gasteiger partial charge is 0.473 e. The highest BCUT2D eigenvalue weighted by Crippen LogP contribution is 2.37. The minimum atomic E-state index is -0.308. The quantitative estimate of drug-likeness (QED) is 0.114. The number of carbonyl (C=O) groups is 3. The van der Waals surface area contributed by atoms with Gasteiger partial charge in [0.05, 0.1) is 11.0 Å². The molecule has 3 aliphatic rings. The Hall–Kier alpha value is -8.10. The van der Waals surface area contributed by atoms with Crippen LogP contribution in [0.15, 0.2) is 152 Å². The van der Waals surface area contributed by atoms with Crippen LogP contribution in [0, 0.1) is 13.8 Å². The van der Waals surface area contributed by atoms with E-state index in [9.17, 15) is 14.4 Å². The molecule has 72 heavy (non-hydrogen) atoms. The Morgan fingerprint density at radius 1 is 0.597 bits per heavy atom. The number of benzene rings is 5. The first-order valence-electron chi connectivity index (χ1n) is 24.8. The van der Waals surface area contributed by atoms with Gasteiger partial charge in [-0.1, -0.05) is 103 Å². The first kappa shape index (κ1) is 47.6. The molecule has 3 aromatic heterocycles. The van der Waals surface area contributed by atoms with Gasteiger partial charge in [-0.05, 0) is 78.4 Å². The maximum atomic E-state index is 12.8. The Kier molecular flexibility index (Phi) is 14.5. The van der Waals surface area contributed by atoms with Crippen LogP contribution < -0.4 is 29.9 Å². The molecule has 14 heteroatoms. The Bertz CT molecular complexity index is 3160. The number of piperidine rings is 1. The molecule has 5 aromatic carbocycles. The van der Waals surface area contributed by atoms with Gasteiger partial charge in [-0.3, -0.25) is 14.9 Å². The normalized spacial score (nSPS) is 16.0. The number of aromatic nitrogens is 3. The average molecular weight is 965 g/mol. The summed E-state index contributed by atoms with van der Waals surface area (Å²) in [4.78, 5) is 47.9. The van der Waals surface area contributed by atoms with Crippen molar-refractivity contribution in [1.29, 1.82) is 0 Å². The zero-order valence-corrected chi connectivity index (χ0v) is 40.8. The van der Waals surface area contributed by atoms with Gasteiger partial charge < -0.3 is 43.4 Å². The molecule has 14 nitrogen and oxygen atoms in total. The molecule has 0 saturated carbocycles. The molecule has 11 rings (SSSR count). The fourth-order valence-corrected chi connectivity index (χ4v) is 9.97. The topological polar surface area (TPSA) is 135 Å². The number of piperazine rings is 2. The molecule has 1 unspecified atom stereocenters. The van der Waals surface area contributed by atoms with Crippen LogP contribution >= 0.6 is 0 Å². The molecule has 0 radical (unpaired) electrons. The van der Waals surface area contributed by atoms with Crippen LogP contribution in [0.2, 0.25) is 0 Å². The van der Waals surface area contributed by atoms with Crippen molar-refractivity contribution in [2.75, 3.05) is 62.2 Å². The van der Waals surface area contributed by atoms with Crippen molar-refractivity contribution < 1.29 is 28.6 Å². The van der Waals surface area contributed by atoms with Crippen LogP contribution in [0.1, 0.15) is 46.7 Å². The summed E-state index contributed by atoms with van der Waals surface area (Å²) >= 11 is 0. The Balaban J connectivity index is 0.000000207. The lowest BCUT2D eigenvalue weighted by molar-refractivity contribution is -0.135. The summed E-state index contributed by atoms with van der Waals surface area (Å²) in [5.41, 5.74) is 10.7. The van der Waals surface area contributed by atoms with Gasteiger partial charge in [0.25, 0.3) is 0 Å². The zero-order chi connectivity index (χ0) is 49.4. The summed E-state index contributed by atoms with van der Waals surface area (Å²) in [6.07, 6.45) is 4.88. The molecule has 368 valence electrons. The number of nitrogens with one attached hydrogen (secondary N) is 2. The first-order valence-corrected chi connectivity index (χ1v) is 24.8. The third-order valence-electron chi connectivity index (χ3n) is 13.6. The van der Waals surface area contributed by atoms with Crippen LogP contribution in [-0.2, 0) is 34.1 Å². The van der Waals surface area contributed by atoms with E-state index in [1.807, 2.05) is 108 Å². The maximum absolute atomic E-state index is 12.8. The molecule has 6 heterocycles. The fraction of sp³-hybridized carbons (Fsp3) is 0.276. The van der Waals surface area contributed by atoms with Gasteiger partial charge in [0.15, 0.2) is 0 Å². The van der Waals surface area contributed by atoms with Crippen LogP contribution in [-0.4, -0.2) is 89.3 Å². The van der Waals surface area contributed by atoms with E-state index in [0.717, 1.165) is 76.2 Å². The predicted molar refractivity (Wildman–Crippen MR) is 281 cm³/mol. The van der Waals surface area contributed by atoms with E-state index in [0.29, 0.717) is 64.0 Å². The van der Waals surface area contributed by atoms with Crippen molar-refractivity contribution in [3.8, 4) is 17.4 Å². The lowest BCUT2D eigenvalue weighted by Gasteiger charge is -2.36. The molecule has 0 bridgehead atoms. The van der Waals surface area contributed by atoms with Gasteiger partial charge >= 0.3 is 6.09 Å². The standard InChI is InChI=1S/C40H38N4O4.C18H22N4O2/c1-30-26-44(36-20-21-37(46-27-31-12-5-2-6-13-31)41-39(36)47-28-32-14-7-3-8-15-32)35-19-11-18-34(38(30)35)42-22-24-43(25-23-42)40(45)48-29-33-16-9-4-10-17-33;1-12-11-22(15-5-6-16(23)20-18(15)24)14-4-2-3-13(17(12)14)21-9-7-19-8-10-21/h2-21,26H,22-25,27-29H2,1H3;2-4,11,15,19H,5-10H2,1H3,(H,20,23,24).